The fourth-order valence-electron chi connectivity index (χ4n) is 4.40. The Morgan fingerprint density at radius 1 is 1.06 bits per heavy atom. The summed E-state index contributed by atoms with van der Waals surface area (Å²) in [6, 6.07) is 11.7. The number of nitrogens with zero attached hydrogens (tertiary/aromatic N) is 3. The number of rotatable bonds is 8. The molecule has 34 heavy (non-hydrogen) atoms. The van der Waals surface area contributed by atoms with Crippen molar-refractivity contribution in [3.05, 3.63) is 47.7 Å². The zero-order chi connectivity index (χ0) is 24.1. The summed E-state index contributed by atoms with van der Waals surface area (Å²) >= 11 is 0. The Kier molecular flexibility index (Phi) is 7.35. The van der Waals surface area contributed by atoms with Crippen molar-refractivity contribution >= 4 is 22.8 Å². The van der Waals surface area contributed by atoms with Gasteiger partial charge in [-0.05, 0) is 56.0 Å². The van der Waals surface area contributed by atoms with Crippen LogP contribution in [-0.4, -0.2) is 56.8 Å². The summed E-state index contributed by atoms with van der Waals surface area (Å²) in [6.45, 7) is 4.00. The molecule has 1 saturated heterocycles. The summed E-state index contributed by atoms with van der Waals surface area (Å²) in [5, 5.41) is 4.11. The van der Waals surface area contributed by atoms with E-state index in [1.165, 1.54) is 0 Å². The van der Waals surface area contributed by atoms with E-state index in [0.29, 0.717) is 30.5 Å². The molecule has 0 saturated carbocycles. The second kappa shape index (κ2) is 10.6. The molecule has 1 N–H and O–H groups in total. The standard InChI is InChI=1S/C26H32N4O4/c1-17-21-9-8-20(32-2)15-22(21)29-26(28-17)30-13-5-6-19(16-30)25(31)27-12-11-18-7-10-23(33-3)24(14-18)34-4/h7-10,14-15,19H,5-6,11-13,16H2,1-4H3,(H,27,31)/t19-/m1/s1. The average Bonchev–Trinajstić information content (AvgIpc) is 2.88. The van der Waals surface area contributed by atoms with Crippen LogP contribution >= 0.6 is 0 Å². The van der Waals surface area contributed by atoms with Gasteiger partial charge in [0, 0.05) is 31.1 Å². The van der Waals surface area contributed by atoms with Crippen LogP contribution in [0.2, 0.25) is 0 Å². The van der Waals surface area contributed by atoms with Crippen LogP contribution in [-0.2, 0) is 11.2 Å². The molecule has 4 rings (SSSR count). The van der Waals surface area contributed by atoms with E-state index in [9.17, 15) is 4.79 Å². The minimum Gasteiger partial charge on any atom is -0.497 e. The summed E-state index contributed by atoms with van der Waals surface area (Å²) in [4.78, 5) is 24.5. The van der Waals surface area contributed by atoms with Crippen LogP contribution in [0.25, 0.3) is 10.9 Å². The summed E-state index contributed by atoms with van der Waals surface area (Å²) in [5.41, 5.74) is 2.85. The van der Waals surface area contributed by atoms with E-state index in [1.807, 2.05) is 43.3 Å². The van der Waals surface area contributed by atoms with E-state index in [2.05, 4.69) is 10.2 Å². The first-order valence-corrected chi connectivity index (χ1v) is 11.6. The largest absolute Gasteiger partial charge is 0.497 e. The van der Waals surface area contributed by atoms with Gasteiger partial charge in [0.05, 0.1) is 38.5 Å². The number of fused-ring (bicyclic) bond motifs is 1. The second-order valence-corrected chi connectivity index (χ2v) is 8.51. The molecule has 8 nitrogen and oxygen atoms in total. The molecule has 1 aliphatic heterocycles. The molecule has 1 aromatic heterocycles. The number of carbonyl (C=O) groups excluding carboxylic acids is 1. The quantitative estimate of drug-likeness (QED) is 0.546. The van der Waals surface area contributed by atoms with Gasteiger partial charge in [-0.15, -0.1) is 0 Å². The van der Waals surface area contributed by atoms with Gasteiger partial charge >= 0.3 is 0 Å². The number of amides is 1. The summed E-state index contributed by atoms with van der Waals surface area (Å²) in [5.74, 6) is 2.80. The van der Waals surface area contributed by atoms with Crippen LogP contribution in [0.3, 0.4) is 0 Å². The van der Waals surface area contributed by atoms with Gasteiger partial charge in [0.2, 0.25) is 11.9 Å². The average molecular weight is 465 g/mol. The predicted molar refractivity (Wildman–Crippen MR) is 132 cm³/mol. The molecule has 8 heteroatoms. The second-order valence-electron chi connectivity index (χ2n) is 8.51. The van der Waals surface area contributed by atoms with E-state index in [1.54, 1.807) is 21.3 Å². The van der Waals surface area contributed by atoms with Crippen molar-refractivity contribution in [1.82, 2.24) is 15.3 Å². The molecule has 3 aromatic rings. The zero-order valence-corrected chi connectivity index (χ0v) is 20.3. The molecule has 180 valence electrons. The van der Waals surface area contributed by atoms with E-state index >= 15 is 0 Å². The molecule has 1 amide bonds. The Morgan fingerprint density at radius 3 is 2.65 bits per heavy atom. The fourth-order valence-corrected chi connectivity index (χ4v) is 4.40. The maximum absolute atomic E-state index is 12.9. The molecular weight excluding hydrogens is 432 g/mol. The van der Waals surface area contributed by atoms with Crippen LogP contribution in [0, 0.1) is 12.8 Å². The molecule has 1 atom stereocenters. The highest BCUT2D eigenvalue weighted by atomic mass is 16.5. The smallest absolute Gasteiger partial charge is 0.226 e. The topological polar surface area (TPSA) is 85.8 Å². The van der Waals surface area contributed by atoms with Crippen LogP contribution in [0.15, 0.2) is 36.4 Å². The molecular formula is C26H32N4O4. The molecule has 1 aliphatic rings. The van der Waals surface area contributed by atoms with Crippen molar-refractivity contribution in [3.63, 3.8) is 0 Å². The Morgan fingerprint density at radius 2 is 1.88 bits per heavy atom. The monoisotopic (exact) mass is 464 g/mol. The van der Waals surface area contributed by atoms with Crippen LogP contribution in [0.4, 0.5) is 5.95 Å². The first-order valence-electron chi connectivity index (χ1n) is 11.6. The van der Waals surface area contributed by atoms with Gasteiger partial charge in [-0.2, -0.15) is 0 Å². The number of aromatic nitrogens is 2. The third kappa shape index (κ3) is 5.16. The minimum absolute atomic E-state index is 0.0735. The zero-order valence-electron chi connectivity index (χ0n) is 20.3. The fraction of sp³-hybridized carbons (Fsp3) is 0.423. The summed E-state index contributed by atoms with van der Waals surface area (Å²) in [7, 11) is 4.89. The van der Waals surface area contributed by atoms with Gasteiger partial charge in [0.15, 0.2) is 11.5 Å². The lowest BCUT2D eigenvalue weighted by molar-refractivity contribution is -0.125. The van der Waals surface area contributed by atoms with Gasteiger partial charge in [0.1, 0.15) is 5.75 Å². The number of aryl methyl sites for hydroxylation is 1. The Balaban J connectivity index is 1.38. The SMILES string of the molecule is COc1ccc2c(C)nc(N3CCC[C@@H](C(=O)NCCc4ccc(OC)c(OC)c4)C3)nc2c1. The first kappa shape index (κ1) is 23.6. The highest BCUT2D eigenvalue weighted by Gasteiger charge is 2.27. The first-order chi connectivity index (χ1) is 16.5. The lowest BCUT2D eigenvalue weighted by atomic mass is 9.97. The lowest BCUT2D eigenvalue weighted by Gasteiger charge is -2.32. The van der Waals surface area contributed by atoms with Gasteiger partial charge < -0.3 is 24.4 Å². The normalized spacial score (nSPS) is 15.8. The number of anilines is 1. The lowest BCUT2D eigenvalue weighted by Crippen LogP contribution is -2.44. The van der Waals surface area contributed by atoms with Crippen LogP contribution in [0.1, 0.15) is 24.1 Å². The predicted octanol–water partition coefficient (Wildman–Crippen LogP) is 3.54. The number of benzene rings is 2. The van der Waals surface area contributed by atoms with Crippen LogP contribution in [0.5, 0.6) is 17.2 Å². The highest BCUT2D eigenvalue weighted by molar-refractivity contribution is 5.83. The number of hydrogen-bond acceptors (Lipinski definition) is 7. The van der Waals surface area contributed by atoms with Crippen molar-refractivity contribution in [2.24, 2.45) is 5.92 Å². The van der Waals surface area contributed by atoms with Crippen molar-refractivity contribution in [2.45, 2.75) is 26.2 Å². The third-order valence-electron chi connectivity index (χ3n) is 6.32. The van der Waals surface area contributed by atoms with E-state index in [0.717, 1.165) is 53.7 Å². The van der Waals surface area contributed by atoms with Gasteiger partial charge in [0.25, 0.3) is 0 Å². The Bertz CT molecular complexity index is 1170. The molecule has 2 aromatic carbocycles. The maximum atomic E-state index is 12.9. The van der Waals surface area contributed by atoms with Crippen molar-refractivity contribution < 1.29 is 19.0 Å². The van der Waals surface area contributed by atoms with E-state index < -0.39 is 0 Å². The molecule has 0 radical (unpaired) electrons. The number of nitrogens with one attached hydrogen (secondary N) is 1. The Hall–Kier alpha value is -3.55. The maximum Gasteiger partial charge on any atom is 0.226 e. The minimum atomic E-state index is -0.0935. The van der Waals surface area contributed by atoms with Crippen molar-refractivity contribution in [2.75, 3.05) is 45.9 Å². The number of piperidine rings is 1. The van der Waals surface area contributed by atoms with E-state index in [-0.39, 0.29) is 11.8 Å². The molecule has 2 heterocycles. The number of hydrogen-bond donors (Lipinski definition) is 1. The van der Waals surface area contributed by atoms with Crippen molar-refractivity contribution in [3.8, 4) is 17.2 Å². The molecule has 0 bridgehead atoms. The highest BCUT2D eigenvalue weighted by Crippen LogP contribution is 2.28. The number of carbonyl (C=O) groups is 1. The third-order valence-corrected chi connectivity index (χ3v) is 6.32. The Labute approximate surface area is 200 Å². The molecule has 1 fully saturated rings. The van der Waals surface area contributed by atoms with Gasteiger partial charge in [-0.25, -0.2) is 9.97 Å². The van der Waals surface area contributed by atoms with E-state index in [4.69, 9.17) is 24.2 Å². The number of methoxy groups -OCH3 is 3. The molecule has 0 unspecified atom stereocenters. The molecule has 0 spiro atoms. The number of ether oxygens (including phenoxy) is 3. The van der Waals surface area contributed by atoms with Gasteiger partial charge in [-0.3, -0.25) is 4.79 Å². The summed E-state index contributed by atoms with van der Waals surface area (Å²) in [6.07, 6.45) is 2.50. The van der Waals surface area contributed by atoms with Crippen molar-refractivity contribution in [1.29, 1.82) is 0 Å². The van der Waals surface area contributed by atoms with Gasteiger partial charge in [-0.1, -0.05) is 6.07 Å². The van der Waals surface area contributed by atoms with Crippen LogP contribution < -0.4 is 24.4 Å². The molecule has 0 aliphatic carbocycles. The summed E-state index contributed by atoms with van der Waals surface area (Å²) < 4.78 is 16.0.